The van der Waals surface area contributed by atoms with Gasteiger partial charge in [-0.25, -0.2) is 4.79 Å². The summed E-state index contributed by atoms with van der Waals surface area (Å²) in [4.78, 5) is 53.1. The Balaban J connectivity index is 2.49. The van der Waals surface area contributed by atoms with Crippen LogP contribution in [-0.2, 0) is 19.1 Å². The van der Waals surface area contributed by atoms with E-state index in [0.29, 0.717) is 0 Å². The fourth-order valence-electron chi connectivity index (χ4n) is 3.90. The zero-order valence-electron chi connectivity index (χ0n) is 21.9. The van der Waals surface area contributed by atoms with Gasteiger partial charge in [-0.05, 0) is 84.4 Å². The summed E-state index contributed by atoms with van der Waals surface area (Å²) in [5.74, 6) is -1.32. The Morgan fingerprint density at radius 2 is 1.74 bits per heavy atom. The number of carbonyl (C=O) groups is 4. The van der Waals surface area contributed by atoms with Crippen LogP contribution in [0.5, 0.6) is 0 Å². The van der Waals surface area contributed by atoms with Crippen LogP contribution in [-0.4, -0.2) is 52.4 Å². The zero-order valence-corrected chi connectivity index (χ0v) is 21.9. The third kappa shape index (κ3) is 8.26. The van der Waals surface area contributed by atoms with Crippen LogP contribution in [0.15, 0.2) is 18.2 Å². The van der Waals surface area contributed by atoms with Crippen molar-refractivity contribution in [3.63, 3.8) is 0 Å². The molecule has 4 N–H and O–H groups in total. The predicted molar refractivity (Wildman–Crippen MR) is 133 cm³/mol. The zero-order chi connectivity index (χ0) is 26.5. The van der Waals surface area contributed by atoms with E-state index in [1.807, 2.05) is 45.9 Å². The van der Waals surface area contributed by atoms with E-state index >= 15 is 0 Å². The number of hydrogen-bond donors (Lipinski definition) is 3. The lowest BCUT2D eigenvalue weighted by Gasteiger charge is -2.35. The highest BCUT2D eigenvalue weighted by atomic mass is 16.6. The van der Waals surface area contributed by atoms with E-state index in [-0.39, 0.29) is 30.8 Å². The lowest BCUT2D eigenvalue weighted by atomic mass is 9.94. The van der Waals surface area contributed by atoms with Gasteiger partial charge >= 0.3 is 6.09 Å². The molecular weight excluding hydrogens is 448 g/mol. The molecule has 1 aromatic carbocycles. The highest BCUT2D eigenvalue weighted by Gasteiger charge is 2.44. The van der Waals surface area contributed by atoms with Crippen molar-refractivity contribution in [2.45, 2.75) is 104 Å². The normalized spacial score (nSPS) is 15.2. The number of amides is 4. The highest BCUT2D eigenvalue weighted by Crippen LogP contribution is 2.37. The van der Waals surface area contributed by atoms with Crippen LogP contribution in [0.25, 0.3) is 0 Å². The third-order valence-corrected chi connectivity index (χ3v) is 5.76. The molecule has 9 heteroatoms. The van der Waals surface area contributed by atoms with Crippen molar-refractivity contribution in [2.24, 2.45) is 5.73 Å². The molecule has 194 valence electrons. The Hall–Kier alpha value is -3.10. The SMILES string of the molecule is Cc1cccc(C(C(=O)NC(C)C)N(C(=O)C(CCC(N)=O)NC(=O)OC(C)(C)C)C2CC2)c1C. The molecule has 0 radical (unpaired) electrons. The van der Waals surface area contributed by atoms with Gasteiger partial charge in [-0.1, -0.05) is 18.2 Å². The molecule has 1 saturated carbocycles. The Bertz CT molecular complexity index is 950. The topological polar surface area (TPSA) is 131 Å². The van der Waals surface area contributed by atoms with Crippen molar-refractivity contribution in [1.29, 1.82) is 0 Å². The lowest BCUT2D eigenvalue weighted by molar-refractivity contribution is -0.143. The maximum atomic E-state index is 14.0. The molecule has 1 aromatic rings. The number of aryl methyl sites for hydroxylation is 1. The first-order chi connectivity index (χ1) is 16.2. The molecule has 35 heavy (non-hydrogen) atoms. The van der Waals surface area contributed by atoms with E-state index < -0.39 is 35.6 Å². The Labute approximate surface area is 208 Å². The van der Waals surface area contributed by atoms with Crippen LogP contribution in [0.2, 0.25) is 0 Å². The summed E-state index contributed by atoms with van der Waals surface area (Å²) in [7, 11) is 0. The first kappa shape index (κ1) is 28.1. The molecular formula is C26H40N4O5. The Kier molecular flexibility index (Phi) is 9.29. The highest BCUT2D eigenvalue weighted by molar-refractivity contribution is 5.93. The smallest absolute Gasteiger partial charge is 0.408 e. The second-order valence-electron chi connectivity index (χ2n) is 10.5. The molecule has 4 amide bonds. The van der Waals surface area contributed by atoms with Crippen molar-refractivity contribution >= 4 is 23.8 Å². The lowest BCUT2D eigenvalue weighted by Crippen LogP contribution is -2.54. The maximum Gasteiger partial charge on any atom is 0.408 e. The summed E-state index contributed by atoms with van der Waals surface area (Å²) in [6.07, 6.45) is 0.624. The Morgan fingerprint density at radius 3 is 2.26 bits per heavy atom. The second-order valence-corrected chi connectivity index (χ2v) is 10.5. The standard InChI is InChI=1S/C26H40N4O5/c1-15(2)28-23(32)22(19-10-8-9-16(3)17(19)4)30(18-11-12-18)24(33)20(13-14-21(27)31)29-25(34)35-26(5,6)7/h8-10,15,18,20,22H,11-14H2,1-7H3,(H2,27,31)(H,28,32)(H,29,34). The predicted octanol–water partition coefficient (Wildman–Crippen LogP) is 3.02. The van der Waals surface area contributed by atoms with Gasteiger partial charge in [0.05, 0.1) is 0 Å². The van der Waals surface area contributed by atoms with Gasteiger partial charge in [0.25, 0.3) is 0 Å². The summed E-state index contributed by atoms with van der Waals surface area (Å²) < 4.78 is 5.34. The van der Waals surface area contributed by atoms with Crippen LogP contribution in [0.3, 0.4) is 0 Å². The molecule has 1 aliphatic rings. The Morgan fingerprint density at radius 1 is 1.11 bits per heavy atom. The molecule has 2 unspecified atom stereocenters. The van der Waals surface area contributed by atoms with Gasteiger partial charge in [-0.15, -0.1) is 0 Å². The number of hydrogen-bond acceptors (Lipinski definition) is 5. The van der Waals surface area contributed by atoms with Crippen LogP contribution in [0, 0.1) is 13.8 Å². The van der Waals surface area contributed by atoms with E-state index in [1.54, 1.807) is 25.7 Å². The molecule has 9 nitrogen and oxygen atoms in total. The van der Waals surface area contributed by atoms with Crippen molar-refractivity contribution < 1.29 is 23.9 Å². The molecule has 0 heterocycles. The van der Waals surface area contributed by atoms with E-state index in [1.165, 1.54) is 0 Å². The summed E-state index contributed by atoms with van der Waals surface area (Å²) in [6, 6.07) is 3.45. The molecule has 1 fully saturated rings. The van der Waals surface area contributed by atoms with Gasteiger partial charge in [0, 0.05) is 18.5 Å². The fourth-order valence-corrected chi connectivity index (χ4v) is 3.90. The first-order valence-corrected chi connectivity index (χ1v) is 12.2. The summed E-state index contributed by atoms with van der Waals surface area (Å²) in [6.45, 7) is 12.8. The van der Waals surface area contributed by atoms with E-state index in [4.69, 9.17) is 10.5 Å². The second kappa shape index (κ2) is 11.6. The van der Waals surface area contributed by atoms with Gasteiger partial charge in [0.2, 0.25) is 17.7 Å². The molecule has 2 rings (SSSR count). The minimum atomic E-state index is -1.07. The molecule has 0 aromatic heterocycles. The van der Waals surface area contributed by atoms with Crippen molar-refractivity contribution in [1.82, 2.24) is 15.5 Å². The average molecular weight is 489 g/mol. The molecule has 0 spiro atoms. The van der Waals surface area contributed by atoms with E-state index in [2.05, 4.69) is 10.6 Å². The van der Waals surface area contributed by atoms with Crippen molar-refractivity contribution in [2.75, 3.05) is 0 Å². The number of alkyl carbamates (subject to hydrolysis) is 1. The van der Waals surface area contributed by atoms with Crippen LogP contribution in [0.4, 0.5) is 4.79 Å². The first-order valence-electron chi connectivity index (χ1n) is 12.2. The molecule has 2 atom stereocenters. The van der Waals surface area contributed by atoms with Gasteiger partial charge in [0.1, 0.15) is 17.7 Å². The van der Waals surface area contributed by atoms with Crippen LogP contribution in [0.1, 0.15) is 83.0 Å². The van der Waals surface area contributed by atoms with Gasteiger partial charge < -0.3 is 26.0 Å². The van der Waals surface area contributed by atoms with Crippen LogP contribution >= 0.6 is 0 Å². The molecule has 0 aliphatic heterocycles. The number of nitrogens with one attached hydrogen (secondary N) is 2. The van der Waals surface area contributed by atoms with Gasteiger partial charge in [-0.3, -0.25) is 14.4 Å². The number of primary amides is 1. The molecule has 1 aliphatic carbocycles. The maximum absolute atomic E-state index is 14.0. The van der Waals surface area contributed by atoms with Crippen molar-refractivity contribution in [3.8, 4) is 0 Å². The number of nitrogens with two attached hydrogens (primary N) is 1. The van der Waals surface area contributed by atoms with Crippen LogP contribution < -0.4 is 16.4 Å². The number of ether oxygens (including phenoxy) is 1. The average Bonchev–Trinajstić information content (AvgIpc) is 3.54. The summed E-state index contributed by atoms with van der Waals surface area (Å²) in [5.41, 5.74) is 7.23. The third-order valence-electron chi connectivity index (χ3n) is 5.76. The van der Waals surface area contributed by atoms with E-state index in [9.17, 15) is 19.2 Å². The minimum absolute atomic E-state index is 0.00193. The quantitative estimate of drug-likeness (QED) is 0.466. The summed E-state index contributed by atoms with van der Waals surface area (Å²) >= 11 is 0. The minimum Gasteiger partial charge on any atom is -0.444 e. The largest absolute Gasteiger partial charge is 0.444 e. The molecule has 0 bridgehead atoms. The van der Waals surface area contributed by atoms with Gasteiger partial charge in [-0.2, -0.15) is 0 Å². The number of benzene rings is 1. The fraction of sp³-hybridized carbons (Fsp3) is 0.615. The molecule has 0 saturated heterocycles. The van der Waals surface area contributed by atoms with E-state index in [0.717, 1.165) is 29.5 Å². The monoisotopic (exact) mass is 488 g/mol. The van der Waals surface area contributed by atoms with Gasteiger partial charge in [0.15, 0.2) is 0 Å². The number of nitrogens with zero attached hydrogens (tertiary/aromatic N) is 1. The summed E-state index contributed by atoms with van der Waals surface area (Å²) in [5, 5.41) is 5.56. The van der Waals surface area contributed by atoms with Crippen molar-refractivity contribution in [3.05, 3.63) is 34.9 Å². The number of rotatable bonds is 10. The number of carbonyl (C=O) groups excluding carboxylic acids is 4.